The van der Waals surface area contributed by atoms with Crippen LogP contribution in [0.1, 0.15) is 25.0 Å². The number of sulfone groups is 1. The topological polar surface area (TPSA) is 71.0 Å². The van der Waals surface area contributed by atoms with Crippen LogP contribution in [0.2, 0.25) is 0 Å². The monoisotopic (exact) mass is 495 g/mol. The van der Waals surface area contributed by atoms with Crippen molar-refractivity contribution in [2.45, 2.75) is 32.4 Å². The average Bonchev–Trinajstić information content (AvgIpc) is 2.49. The molecule has 0 atom stereocenters. The van der Waals surface area contributed by atoms with Gasteiger partial charge in [0.25, 0.3) is 0 Å². The van der Waals surface area contributed by atoms with E-state index in [-0.39, 0.29) is 29.7 Å². The van der Waals surface area contributed by atoms with E-state index in [1.54, 1.807) is 20.9 Å². The maximum Gasteiger partial charge on any atom is 0.193 e. The molecule has 6 nitrogen and oxygen atoms in total. The Balaban J connectivity index is 0.00000338. The van der Waals surface area contributed by atoms with E-state index in [2.05, 4.69) is 16.4 Å². The molecule has 0 aromatic heterocycles. The fourth-order valence-corrected chi connectivity index (χ4v) is 4.37. The first-order valence-electron chi connectivity index (χ1n) is 8.53. The van der Waals surface area contributed by atoms with Gasteiger partial charge in [0.1, 0.15) is 12.4 Å². The van der Waals surface area contributed by atoms with Crippen molar-refractivity contribution in [3.05, 3.63) is 29.3 Å². The summed E-state index contributed by atoms with van der Waals surface area (Å²) in [6, 6.07) is 6.14. The van der Waals surface area contributed by atoms with Crippen molar-refractivity contribution >= 4 is 39.8 Å². The van der Waals surface area contributed by atoms with Gasteiger partial charge in [0.05, 0.1) is 17.0 Å². The van der Waals surface area contributed by atoms with Crippen LogP contribution in [0.4, 0.5) is 0 Å². The van der Waals surface area contributed by atoms with Gasteiger partial charge in [0.15, 0.2) is 15.8 Å². The minimum atomic E-state index is -3.05. The molecule has 0 saturated carbocycles. The number of ether oxygens (including phenoxy) is 1. The first-order chi connectivity index (χ1) is 11.6. The maximum atomic E-state index is 12.1. The van der Waals surface area contributed by atoms with Crippen LogP contribution in [-0.4, -0.2) is 63.1 Å². The van der Waals surface area contributed by atoms with Crippen molar-refractivity contribution in [2.75, 3.05) is 39.0 Å². The highest BCUT2D eigenvalue weighted by atomic mass is 127. The first-order valence-corrected chi connectivity index (χ1v) is 10.2. The summed E-state index contributed by atoms with van der Waals surface area (Å²) >= 11 is 0. The second-order valence-corrected chi connectivity index (χ2v) is 9.89. The summed E-state index contributed by atoms with van der Waals surface area (Å²) in [6.07, 6.45) is 0. The smallest absolute Gasteiger partial charge is 0.193 e. The van der Waals surface area contributed by atoms with Crippen LogP contribution in [0.5, 0.6) is 5.75 Å². The van der Waals surface area contributed by atoms with Crippen molar-refractivity contribution in [1.29, 1.82) is 0 Å². The quantitative estimate of drug-likeness (QED) is 0.301. The number of hydrogen-bond donors (Lipinski definition) is 1. The lowest BCUT2D eigenvalue weighted by atomic mass is 10.1. The van der Waals surface area contributed by atoms with Crippen LogP contribution in [0, 0.1) is 13.8 Å². The fourth-order valence-electron chi connectivity index (χ4n) is 3.00. The summed E-state index contributed by atoms with van der Waals surface area (Å²) < 4.78 is 29.3. The molecule has 1 N–H and O–H groups in total. The Morgan fingerprint density at radius 3 is 2.42 bits per heavy atom. The van der Waals surface area contributed by atoms with Gasteiger partial charge in [-0.25, -0.2) is 8.42 Å². The zero-order chi connectivity index (χ0) is 18.7. The molecule has 0 amide bonds. The Morgan fingerprint density at radius 2 is 1.88 bits per heavy atom. The third-order valence-corrected chi connectivity index (χ3v) is 6.94. The molecule has 0 bridgehead atoms. The summed E-state index contributed by atoms with van der Waals surface area (Å²) in [5.41, 5.74) is 2.35. The second kappa shape index (κ2) is 9.25. The highest BCUT2D eigenvalue weighted by Gasteiger charge is 2.40. The predicted molar refractivity (Wildman–Crippen MR) is 118 cm³/mol. The zero-order valence-electron chi connectivity index (χ0n) is 16.2. The maximum absolute atomic E-state index is 12.1. The molecule has 0 spiro atoms. The largest absolute Gasteiger partial charge is 0.492 e. The molecule has 1 heterocycles. The molecular weight excluding hydrogens is 465 g/mol. The van der Waals surface area contributed by atoms with Gasteiger partial charge in [0, 0.05) is 20.1 Å². The van der Waals surface area contributed by atoms with E-state index < -0.39 is 14.6 Å². The normalized spacial score (nSPS) is 18.8. The summed E-state index contributed by atoms with van der Waals surface area (Å²) in [7, 11) is -1.34. The Kier molecular flexibility index (Phi) is 8.19. The molecule has 1 aromatic carbocycles. The number of nitrogens with zero attached hydrogens (tertiary/aromatic N) is 2. The predicted octanol–water partition coefficient (Wildman–Crippen LogP) is 2.38. The van der Waals surface area contributed by atoms with Gasteiger partial charge >= 0.3 is 0 Å². The Morgan fingerprint density at radius 1 is 1.27 bits per heavy atom. The summed E-state index contributed by atoms with van der Waals surface area (Å²) in [5, 5.41) is 3.26. The van der Waals surface area contributed by atoms with Crippen LogP contribution in [0.15, 0.2) is 23.2 Å². The number of hydrogen-bond acceptors (Lipinski definition) is 4. The van der Waals surface area contributed by atoms with Crippen molar-refractivity contribution in [3.8, 4) is 5.75 Å². The standard InChI is InChI=1S/C18H29N3O3S.HI/c1-14-10-15(2)12-16(11-14)24-8-6-20-17(19-5)21-7-9-25(22,23)18(3,4)13-21;/h10-12H,6-9,13H2,1-5H3,(H,19,20);1H. The van der Waals surface area contributed by atoms with Gasteiger partial charge in [-0.3, -0.25) is 4.99 Å². The SMILES string of the molecule is CN=C(NCCOc1cc(C)cc(C)c1)N1CCS(=O)(=O)C(C)(C)C1.I. The third kappa shape index (κ3) is 5.73. The molecule has 2 rings (SSSR count). The van der Waals surface area contributed by atoms with Crippen LogP contribution in [0.3, 0.4) is 0 Å². The lowest BCUT2D eigenvalue weighted by Gasteiger charge is -2.39. The second-order valence-electron chi connectivity index (χ2n) is 7.15. The average molecular weight is 495 g/mol. The molecule has 0 aliphatic carbocycles. The van der Waals surface area contributed by atoms with Crippen LogP contribution in [0.25, 0.3) is 0 Å². The van der Waals surface area contributed by atoms with E-state index in [9.17, 15) is 8.42 Å². The minimum absolute atomic E-state index is 0. The molecule has 1 saturated heterocycles. The van der Waals surface area contributed by atoms with Gasteiger partial charge in [-0.1, -0.05) is 6.07 Å². The van der Waals surface area contributed by atoms with Gasteiger partial charge in [-0.2, -0.15) is 0 Å². The van der Waals surface area contributed by atoms with E-state index in [1.165, 1.54) is 11.1 Å². The fraction of sp³-hybridized carbons (Fsp3) is 0.611. The van der Waals surface area contributed by atoms with Gasteiger partial charge in [0.2, 0.25) is 0 Å². The molecule has 1 aliphatic heterocycles. The van der Waals surface area contributed by atoms with Crippen LogP contribution >= 0.6 is 24.0 Å². The minimum Gasteiger partial charge on any atom is -0.492 e. The molecule has 8 heteroatoms. The molecule has 0 radical (unpaired) electrons. The van der Waals surface area contributed by atoms with Crippen LogP contribution < -0.4 is 10.1 Å². The number of guanidine groups is 1. The lowest BCUT2D eigenvalue weighted by Crippen LogP contribution is -2.57. The van der Waals surface area contributed by atoms with E-state index in [1.807, 2.05) is 30.9 Å². The lowest BCUT2D eigenvalue weighted by molar-refractivity contribution is 0.312. The van der Waals surface area contributed by atoms with E-state index in [4.69, 9.17) is 4.74 Å². The summed E-state index contributed by atoms with van der Waals surface area (Å²) in [4.78, 5) is 6.28. The van der Waals surface area contributed by atoms with Crippen molar-refractivity contribution in [3.63, 3.8) is 0 Å². The van der Waals surface area contributed by atoms with E-state index >= 15 is 0 Å². The summed E-state index contributed by atoms with van der Waals surface area (Å²) in [5.74, 6) is 1.73. The van der Waals surface area contributed by atoms with Crippen molar-refractivity contribution < 1.29 is 13.2 Å². The number of nitrogens with one attached hydrogen (secondary N) is 1. The zero-order valence-corrected chi connectivity index (χ0v) is 19.4. The van der Waals surface area contributed by atoms with Gasteiger partial charge < -0.3 is 15.0 Å². The first kappa shape index (κ1) is 23.0. The molecular formula is C18H30IN3O3S. The molecule has 148 valence electrons. The van der Waals surface area contributed by atoms with E-state index in [0.29, 0.717) is 32.2 Å². The number of halogens is 1. The highest BCUT2D eigenvalue weighted by Crippen LogP contribution is 2.23. The molecule has 1 aliphatic rings. The molecule has 26 heavy (non-hydrogen) atoms. The molecule has 1 aromatic rings. The third-order valence-electron chi connectivity index (χ3n) is 4.40. The van der Waals surface area contributed by atoms with E-state index in [0.717, 1.165) is 5.75 Å². The molecule has 0 unspecified atom stereocenters. The Labute approximate surface area is 174 Å². The van der Waals surface area contributed by atoms with Gasteiger partial charge in [-0.15, -0.1) is 24.0 Å². The Bertz CT molecular complexity index is 728. The molecule has 1 fully saturated rings. The Hall–Kier alpha value is -1.03. The number of aryl methyl sites for hydroxylation is 2. The highest BCUT2D eigenvalue weighted by molar-refractivity contribution is 14.0. The number of aliphatic imine (C=N–C) groups is 1. The van der Waals surface area contributed by atoms with Gasteiger partial charge in [-0.05, 0) is 51.0 Å². The number of rotatable bonds is 4. The number of benzene rings is 1. The van der Waals surface area contributed by atoms with Crippen molar-refractivity contribution in [2.24, 2.45) is 4.99 Å². The van der Waals surface area contributed by atoms with Crippen molar-refractivity contribution in [1.82, 2.24) is 10.2 Å². The summed E-state index contributed by atoms with van der Waals surface area (Å²) in [6.45, 7) is 9.64. The van der Waals surface area contributed by atoms with Crippen LogP contribution in [-0.2, 0) is 9.84 Å².